The average molecular weight is 409 g/mol. The van der Waals surface area contributed by atoms with E-state index in [1.807, 2.05) is 25.1 Å². The van der Waals surface area contributed by atoms with Crippen LogP contribution in [-0.2, 0) is 16.1 Å². The van der Waals surface area contributed by atoms with Gasteiger partial charge in [0.1, 0.15) is 11.8 Å². The zero-order valence-corrected chi connectivity index (χ0v) is 17.0. The van der Waals surface area contributed by atoms with Crippen molar-refractivity contribution >= 4 is 35.0 Å². The van der Waals surface area contributed by atoms with E-state index in [2.05, 4.69) is 5.32 Å². The number of carbonyl (C=O) groups excluding carboxylic acids is 2. The number of halogens is 2. The molecule has 1 atom stereocenters. The maximum absolute atomic E-state index is 12.8. The fraction of sp³-hybridized carbons (Fsp3) is 0.300. The normalized spacial score (nSPS) is 11.6. The molecule has 5 nitrogen and oxygen atoms in total. The number of hydrogen-bond acceptors (Lipinski definition) is 3. The molecule has 144 valence electrons. The Bertz CT molecular complexity index is 827. The summed E-state index contributed by atoms with van der Waals surface area (Å²) in [5, 5.41) is 3.39. The number of aryl methyl sites for hydroxylation is 1. The summed E-state index contributed by atoms with van der Waals surface area (Å²) in [7, 11) is 1.53. The van der Waals surface area contributed by atoms with Gasteiger partial charge in [-0.25, -0.2) is 0 Å². The van der Waals surface area contributed by atoms with E-state index >= 15 is 0 Å². The summed E-state index contributed by atoms with van der Waals surface area (Å²) >= 11 is 12.0. The van der Waals surface area contributed by atoms with Crippen LogP contribution in [0.1, 0.15) is 18.1 Å². The van der Waals surface area contributed by atoms with Crippen molar-refractivity contribution in [2.45, 2.75) is 26.4 Å². The fourth-order valence-electron chi connectivity index (χ4n) is 2.56. The molecule has 0 aromatic heterocycles. The molecule has 0 saturated heterocycles. The van der Waals surface area contributed by atoms with Crippen molar-refractivity contribution in [3.63, 3.8) is 0 Å². The lowest BCUT2D eigenvalue weighted by Crippen LogP contribution is -2.48. The minimum atomic E-state index is -0.668. The Balaban J connectivity index is 2.16. The number of carbonyl (C=O) groups is 2. The van der Waals surface area contributed by atoms with Crippen LogP contribution in [0.5, 0.6) is 5.75 Å². The Kier molecular flexibility index (Phi) is 7.51. The maximum atomic E-state index is 12.8. The zero-order chi connectivity index (χ0) is 20.0. The van der Waals surface area contributed by atoms with Gasteiger partial charge in [-0.1, -0.05) is 41.4 Å². The third-order valence-electron chi connectivity index (χ3n) is 4.10. The molecule has 2 amide bonds. The van der Waals surface area contributed by atoms with E-state index in [-0.39, 0.29) is 25.0 Å². The summed E-state index contributed by atoms with van der Waals surface area (Å²) < 4.78 is 5.60. The third kappa shape index (κ3) is 5.88. The summed E-state index contributed by atoms with van der Waals surface area (Å²) in [6.07, 6.45) is 0. The van der Waals surface area contributed by atoms with E-state index in [0.29, 0.717) is 15.8 Å². The van der Waals surface area contributed by atoms with Crippen LogP contribution in [0.2, 0.25) is 10.0 Å². The second-order valence-corrected chi connectivity index (χ2v) is 6.98. The molecule has 27 heavy (non-hydrogen) atoms. The van der Waals surface area contributed by atoms with Gasteiger partial charge in [-0.15, -0.1) is 0 Å². The molecule has 0 heterocycles. The number of likely N-dealkylation sites (N-methyl/N-ethyl adjacent to an activating group) is 1. The highest BCUT2D eigenvalue weighted by atomic mass is 35.5. The molecular formula is C20H22Cl2N2O3. The van der Waals surface area contributed by atoms with Crippen LogP contribution in [0.25, 0.3) is 0 Å². The molecule has 1 unspecified atom stereocenters. The standard InChI is InChI=1S/C20H22Cl2N2O3/c1-13-5-4-6-16(9-13)27-12-19(25)24(14(2)20(26)23-3)11-15-7-8-17(21)18(22)10-15/h4-10,14H,11-12H2,1-3H3,(H,23,26). The van der Waals surface area contributed by atoms with Crippen LogP contribution in [0.3, 0.4) is 0 Å². The lowest BCUT2D eigenvalue weighted by molar-refractivity contribution is -0.142. The summed E-state index contributed by atoms with van der Waals surface area (Å²) in [6, 6.07) is 11.9. The third-order valence-corrected chi connectivity index (χ3v) is 4.84. The van der Waals surface area contributed by atoms with Gasteiger partial charge in [0, 0.05) is 13.6 Å². The van der Waals surface area contributed by atoms with Crippen molar-refractivity contribution in [1.82, 2.24) is 10.2 Å². The molecule has 2 aromatic carbocycles. The van der Waals surface area contributed by atoms with E-state index in [1.165, 1.54) is 11.9 Å². The lowest BCUT2D eigenvalue weighted by Gasteiger charge is -2.28. The molecule has 0 spiro atoms. The Morgan fingerprint density at radius 3 is 2.52 bits per heavy atom. The first-order chi connectivity index (χ1) is 12.8. The largest absolute Gasteiger partial charge is 0.484 e. The highest BCUT2D eigenvalue weighted by molar-refractivity contribution is 6.42. The highest BCUT2D eigenvalue weighted by Crippen LogP contribution is 2.24. The molecule has 0 bridgehead atoms. The minimum Gasteiger partial charge on any atom is -0.484 e. The molecule has 0 aliphatic carbocycles. The molecule has 1 N–H and O–H groups in total. The van der Waals surface area contributed by atoms with E-state index < -0.39 is 6.04 Å². The fourth-order valence-corrected chi connectivity index (χ4v) is 2.88. The Labute approximate surface area is 169 Å². The van der Waals surface area contributed by atoms with Crippen molar-refractivity contribution < 1.29 is 14.3 Å². The van der Waals surface area contributed by atoms with Crippen LogP contribution in [0.15, 0.2) is 42.5 Å². The van der Waals surface area contributed by atoms with Crippen molar-refractivity contribution in [2.75, 3.05) is 13.7 Å². The summed E-state index contributed by atoms with van der Waals surface area (Å²) in [6.45, 7) is 3.65. The molecule has 2 rings (SSSR count). The van der Waals surface area contributed by atoms with Crippen molar-refractivity contribution in [3.05, 3.63) is 63.6 Å². The second-order valence-electron chi connectivity index (χ2n) is 6.17. The minimum absolute atomic E-state index is 0.174. The first kappa shape index (κ1) is 21.1. The zero-order valence-electron chi connectivity index (χ0n) is 15.5. The number of benzene rings is 2. The molecule has 0 saturated carbocycles. The molecule has 7 heteroatoms. The molecule has 2 aromatic rings. The van der Waals surface area contributed by atoms with Gasteiger partial charge in [0.05, 0.1) is 10.0 Å². The van der Waals surface area contributed by atoms with Crippen LogP contribution >= 0.6 is 23.2 Å². The summed E-state index contributed by atoms with van der Waals surface area (Å²) in [5.41, 5.74) is 1.80. The summed E-state index contributed by atoms with van der Waals surface area (Å²) in [5.74, 6) is 0.0306. The SMILES string of the molecule is CNC(=O)C(C)N(Cc1ccc(Cl)c(Cl)c1)C(=O)COc1cccc(C)c1. The number of rotatable bonds is 7. The topological polar surface area (TPSA) is 58.6 Å². The number of nitrogens with one attached hydrogen (secondary N) is 1. The first-order valence-corrected chi connectivity index (χ1v) is 9.22. The van der Waals surface area contributed by atoms with Crippen LogP contribution < -0.4 is 10.1 Å². The van der Waals surface area contributed by atoms with Gasteiger partial charge in [0.25, 0.3) is 5.91 Å². The second kappa shape index (κ2) is 9.62. The molecule has 0 fully saturated rings. The Morgan fingerprint density at radius 2 is 1.89 bits per heavy atom. The smallest absolute Gasteiger partial charge is 0.261 e. The first-order valence-electron chi connectivity index (χ1n) is 8.46. The molecule has 0 aliphatic rings. The van der Waals surface area contributed by atoms with E-state index in [4.69, 9.17) is 27.9 Å². The van der Waals surface area contributed by atoms with Gasteiger partial charge < -0.3 is 15.0 Å². The molecular weight excluding hydrogens is 387 g/mol. The van der Waals surface area contributed by atoms with Gasteiger partial charge in [-0.05, 0) is 49.2 Å². The molecule has 0 radical (unpaired) electrons. The van der Waals surface area contributed by atoms with Crippen LogP contribution in [-0.4, -0.2) is 36.4 Å². The highest BCUT2D eigenvalue weighted by Gasteiger charge is 2.26. The van der Waals surface area contributed by atoms with Gasteiger partial charge >= 0.3 is 0 Å². The predicted molar refractivity (Wildman–Crippen MR) is 107 cm³/mol. The van der Waals surface area contributed by atoms with E-state index in [1.54, 1.807) is 31.2 Å². The van der Waals surface area contributed by atoms with Crippen molar-refractivity contribution in [2.24, 2.45) is 0 Å². The van der Waals surface area contributed by atoms with E-state index in [0.717, 1.165) is 11.1 Å². The van der Waals surface area contributed by atoms with Crippen molar-refractivity contribution in [1.29, 1.82) is 0 Å². The van der Waals surface area contributed by atoms with Crippen molar-refractivity contribution in [3.8, 4) is 5.75 Å². The number of amides is 2. The maximum Gasteiger partial charge on any atom is 0.261 e. The van der Waals surface area contributed by atoms with Gasteiger partial charge in [-0.3, -0.25) is 9.59 Å². The summed E-state index contributed by atoms with van der Waals surface area (Å²) in [4.78, 5) is 26.3. The number of ether oxygens (including phenoxy) is 1. The molecule has 0 aliphatic heterocycles. The number of nitrogens with zero attached hydrogens (tertiary/aromatic N) is 1. The van der Waals surface area contributed by atoms with Gasteiger partial charge in [0.2, 0.25) is 5.91 Å². The quantitative estimate of drug-likeness (QED) is 0.756. The predicted octanol–water partition coefficient (Wildman–Crippen LogP) is 3.84. The van der Waals surface area contributed by atoms with Gasteiger partial charge in [-0.2, -0.15) is 0 Å². The number of hydrogen-bond donors (Lipinski definition) is 1. The Hall–Kier alpha value is -2.24. The Morgan fingerprint density at radius 1 is 1.15 bits per heavy atom. The average Bonchev–Trinajstić information content (AvgIpc) is 2.65. The van der Waals surface area contributed by atoms with Gasteiger partial charge in [0.15, 0.2) is 6.61 Å². The van der Waals surface area contributed by atoms with Crippen LogP contribution in [0, 0.1) is 6.92 Å². The van der Waals surface area contributed by atoms with E-state index in [9.17, 15) is 9.59 Å². The van der Waals surface area contributed by atoms with Crippen LogP contribution in [0.4, 0.5) is 0 Å². The monoisotopic (exact) mass is 408 g/mol. The lowest BCUT2D eigenvalue weighted by atomic mass is 10.1.